The van der Waals surface area contributed by atoms with Crippen LogP contribution in [0, 0.1) is 6.92 Å². The van der Waals surface area contributed by atoms with Gasteiger partial charge < -0.3 is 15.2 Å². The van der Waals surface area contributed by atoms with Crippen LogP contribution < -0.4 is 15.2 Å². The normalized spacial score (nSPS) is 12.3. The summed E-state index contributed by atoms with van der Waals surface area (Å²) in [6.45, 7) is 2.06. The fourth-order valence-corrected chi connectivity index (χ4v) is 3.46. The predicted octanol–water partition coefficient (Wildman–Crippen LogP) is 3.88. The quantitative estimate of drug-likeness (QED) is 0.917. The van der Waals surface area contributed by atoms with Crippen molar-refractivity contribution in [1.29, 1.82) is 0 Å². The molecule has 1 atom stereocenters. The average Bonchev–Trinajstić information content (AvgIpc) is 2.77. The molecular weight excluding hydrogens is 326 g/mol. The second-order valence-electron chi connectivity index (χ2n) is 4.19. The number of aryl methyl sites for hydroxylation is 1. The zero-order valence-electron chi connectivity index (χ0n) is 11.1. The maximum Gasteiger partial charge on any atom is 0.127 e. The number of methoxy groups -OCH3 is 2. The van der Waals surface area contributed by atoms with Gasteiger partial charge in [-0.25, -0.2) is 0 Å². The number of hydrogen-bond donors (Lipinski definition) is 1. The fraction of sp³-hybridized carbons (Fsp3) is 0.286. The molecule has 0 amide bonds. The zero-order chi connectivity index (χ0) is 14.0. The van der Waals surface area contributed by atoms with Crippen LogP contribution in [0.1, 0.15) is 22.0 Å². The maximum absolute atomic E-state index is 6.34. The van der Waals surface area contributed by atoms with Crippen LogP contribution in [0.4, 0.5) is 0 Å². The molecule has 19 heavy (non-hydrogen) atoms. The highest BCUT2D eigenvalue weighted by Crippen LogP contribution is 2.37. The predicted molar refractivity (Wildman–Crippen MR) is 82.3 cm³/mol. The summed E-state index contributed by atoms with van der Waals surface area (Å²) in [7, 11) is 3.27. The molecular formula is C14H16BrNO2S. The van der Waals surface area contributed by atoms with Gasteiger partial charge in [0.25, 0.3) is 0 Å². The largest absolute Gasteiger partial charge is 0.497 e. The Morgan fingerprint density at radius 2 is 1.95 bits per heavy atom. The van der Waals surface area contributed by atoms with E-state index in [4.69, 9.17) is 15.2 Å². The number of benzene rings is 1. The Bertz CT molecular complexity index is 563. The Hall–Kier alpha value is -1.04. The van der Waals surface area contributed by atoms with Gasteiger partial charge in [0.05, 0.1) is 24.0 Å². The van der Waals surface area contributed by atoms with E-state index in [9.17, 15) is 0 Å². The Balaban J connectivity index is 2.40. The van der Waals surface area contributed by atoms with Crippen LogP contribution in [-0.4, -0.2) is 14.2 Å². The summed E-state index contributed by atoms with van der Waals surface area (Å²) >= 11 is 5.18. The van der Waals surface area contributed by atoms with Gasteiger partial charge in [-0.05, 0) is 46.6 Å². The molecule has 0 radical (unpaired) electrons. The van der Waals surface area contributed by atoms with Crippen LogP contribution in [-0.2, 0) is 0 Å². The molecule has 2 N–H and O–H groups in total. The molecule has 102 valence electrons. The van der Waals surface area contributed by atoms with Crippen LogP contribution in [0.25, 0.3) is 0 Å². The number of hydrogen-bond acceptors (Lipinski definition) is 4. The lowest BCUT2D eigenvalue weighted by Gasteiger charge is -2.15. The van der Waals surface area contributed by atoms with Gasteiger partial charge >= 0.3 is 0 Å². The first-order valence-electron chi connectivity index (χ1n) is 5.80. The third-order valence-corrected chi connectivity index (χ3v) is 5.18. The van der Waals surface area contributed by atoms with Crippen molar-refractivity contribution in [3.63, 3.8) is 0 Å². The summed E-state index contributed by atoms with van der Waals surface area (Å²) in [6.07, 6.45) is 0. The number of nitrogens with two attached hydrogens (primary N) is 1. The molecule has 0 aliphatic rings. The Morgan fingerprint density at radius 1 is 1.21 bits per heavy atom. The van der Waals surface area contributed by atoms with Crippen LogP contribution in [0.5, 0.6) is 11.5 Å². The van der Waals surface area contributed by atoms with Gasteiger partial charge in [-0.15, -0.1) is 11.3 Å². The molecule has 2 rings (SSSR count). The van der Waals surface area contributed by atoms with E-state index in [1.54, 1.807) is 25.6 Å². The smallest absolute Gasteiger partial charge is 0.127 e. The molecule has 0 saturated carbocycles. The van der Waals surface area contributed by atoms with Gasteiger partial charge in [0, 0.05) is 16.5 Å². The van der Waals surface area contributed by atoms with E-state index in [1.807, 2.05) is 18.2 Å². The van der Waals surface area contributed by atoms with E-state index in [0.717, 1.165) is 25.7 Å². The Morgan fingerprint density at radius 3 is 2.47 bits per heavy atom. The van der Waals surface area contributed by atoms with Crippen LogP contribution in [0.2, 0.25) is 0 Å². The highest BCUT2D eigenvalue weighted by Gasteiger charge is 2.17. The van der Waals surface area contributed by atoms with E-state index in [0.29, 0.717) is 0 Å². The molecule has 2 aromatic rings. The molecule has 0 aliphatic carbocycles. The molecule has 1 aromatic heterocycles. The van der Waals surface area contributed by atoms with E-state index in [1.165, 1.54) is 5.56 Å². The van der Waals surface area contributed by atoms with E-state index in [2.05, 4.69) is 28.9 Å². The summed E-state index contributed by atoms with van der Waals surface area (Å²) in [6, 6.07) is 7.60. The number of halogens is 1. The van der Waals surface area contributed by atoms with Crippen LogP contribution >= 0.6 is 27.3 Å². The Kier molecular flexibility index (Phi) is 4.50. The summed E-state index contributed by atoms with van der Waals surface area (Å²) < 4.78 is 11.7. The zero-order valence-corrected chi connectivity index (χ0v) is 13.5. The highest BCUT2D eigenvalue weighted by molar-refractivity contribution is 9.11. The summed E-state index contributed by atoms with van der Waals surface area (Å²) in [5.74, 6) is 1.50. The van der Waals surface area contributed by atoms with Crippen molar-refractivity contribution in [2.24, 2.45) is 5.73 Å². The lowest BCUT2D eigenvalue weighted by atomic mass is 10.0. The lowest BCUT2D eigenvalue weighted by Crippen LogP contribution is -2.11. The first-order valence-corrected chi connectivity index (χ1v) is 7.41. The Labute approximate surface area is 125 Å². The first-order chi connectivity index (χ1) is 9.06. The van der Waals surface area contributed by atoms with E-state index < -0.39 is 0 Å². The van der Waals surface area contributed by atoms with Crippen molar-refractivity contribution in [3.05, 3.63) is 44.1 Å². The monoisotopic (exact) mass is 341 g/mol. The summed E-state index contributed by atoms with van der Waals surface area (Å²) in [5, 5.41) is 0. The van der Waals surface area contributed by atoms with Gasteiger partial charge in [-0.1, -0.05) is 0 Å². The lowest BCUT2D eigenvalue weighted by molar-refractivity contribution is 0.390. The maximum atomic E-state index is 6.34. The molecule has 0 saturated heterocycles. The van der Waals surface area contributed by atoms with Gasteiger partial charge in [-0.2, -0.15) is 0 Å². The summed E-state index contributed by atoms with van der Waals surface area (Å²) in [4.78, 5) is 1.10. The van der Waals surface area contributed by atoms with Gasteiger partial charge in [0.15, 0.2) is 0 Å². The second kappa shape index (κ2) is 5.94. The second-order valence-corrected chi connectivity index (χ2v) is 6.59. The van der Waals surface area contributed by atoms with Gasteiger partial charge in [-0.3, -0.25) is 0 Å². The van der Waals surface area contributed by atoms with Crippen molar-refractivity contribution < 1.29 is 9.47 Å². The standard InChI is InChI=1S/C14H16BrNO2S/c1-8-6-12(19-14(8)15)13(16)10-5-4-9(17-2)7-11(10)18-3/h4-7,13H,16H2,1-3H3. The average molecular weight is 342 g/mol. The van der Waals surface area contributed by atoms with Gasteiger partial charge in [0.1, 0.15) is 11.5 Å². The molecule has 1 unspecified atom stereocenters. The third-order valence-electron chi connectivity index (χ3n) is 2.96. The minimum atomic E-state index is -0.198. The molecule has 3 nitrogen and oxygen atoms in total. The molecule has 0 bridgehead atoms. The molecule has 5 heteroatoms. The molecule has 0 spiro atoms. The van der Waals surface area contributed by atoms with Gasteiger partial charge in [0.2, 0.25) is 0 Å². The van der Waals surface area contributed by atoms with Crippen molar-refractivity contribution >= 4 is 27.3 Å². The number of ether oxygens (including phenoxy) is 2. The molecule has 0 aliphatic heterocycles. The molecule has 1 aromatic carbocycles. The fourth-order valence-electron chi connectivity index (χ4n) is 1.87. The van der Waals surface area contributed by atoms with Crippen molar-refractivity contribution in [2.75, 3.05) is 14.2 Å². The summed E-state index contributed by atoms with van der Waals surface area (Å²) in [5.41, 5.74) is 8.49. The molecule has 1 heterocycles. The SMILES string of the molecule is COc1ccc(C(N)c2cc(C)c(Br)s2)c(OC)c1. The topological polar surface area (TPSA) is 44.5 Å². The van der Waals surface area contributed by atoms with Crippen LogP contribution in [0.3, 0.4) is 0 Å². The van der Waals surface area contributed by atoms with Crippen molar-refractivity contribution in [1.82, 2.24) is 0 Å². The minimum Gasteiger partial charge on any atom is -0.497 e. The van der Waals surface area contributed by atoms with E-state index in [-0.39, 0.29) is 6.04 Å². The van der Waals surface area contributed by atoms with Crippen molar-refractivity contribution in [2.45, 2.75) is 13.0 Å². The number of thiophene rings is 1. The first kappa shape index (κ1) is 14.4. The highest BCUT2D eigenvalue weighted by atomic mass is 79.9. The number of rotatable bonds is 4. The minimum absolute atomic E-state index is 0.198. The molecule has 0 fully saturated rings. The van der Waals surface area contributed by atoms with Crippen LogP contribution in [0.15, 0.2) is 28.1 Å². The van der Waals surface area contributed by atoms with E-state index >= 15 is 0 Å². The van der Waals surface area contributed by atoms with Crippen molar-refractivity contribution in [3.8, 4) is 11.5 Å². The third kappa shape index (κ3) is 2.94.